The topological polar surface area (TPSA) is 68.3 Å². The molecule has 0 spiro atoms. The van der Waals surface area contributed by atoms with E-state index in [4.69, 9.17) is 8.94 Å². The van der Waals surface area contributed by atoms with Crippen molar-refractivity contribution in [1.82, 2.24) is 10.5 Å². The Labute approximate surface area is 129 Å². The third-order valence-corrected chi connectivity index (χ3v) is 3.21. The fourth-order valence-electron chi connectivity index (χ4n) is 2.20. The molecule has 118 valence electrons. The maximum Gasteiger partial charge on any atom is 0.257 e. The van der Waals surface area contributed by atoms with Crippen LogP contribution in [0.4, 0.5) is 8.78 Å². The number of amides is 1. The summed E-state index contributed by atoms with van der Waals surface area (Å²) in [6, 6.07) is 6.36. The zero-order valence-corrected chi connectivity index (χ0v) is 12.1. The van der Waals surface area contributed by atoms with Gasteiger partial charge in [-0.2, -0.15) is 0 Å². The van der Waals surface area contributed by atoms with Crippen LogP contribution in [-0.4, -0.2) is 11.1 Å². The van der Waals surface area contributed by atoms with Gasteiger partial charge in [-0.25, -0.2) is 8.78 Å². The van der Waals surface area contributed by atoms with E-state index in [0.29, 0.717) is 17.0 Å². The van der Waals surface area contributed by atoms with E-state index in [0.717, 1.165) is 18.2 Å². The summed E-state index contributed by atoms with van der Waals surface area (Å²) < 4.78 is 36.6. The molecule has 0 radical (unpaired) electrons. The Morgan fingerprint density at radius 1 is 1.26 bits per heavy atom. The number of hydrogen-bond acceptors (Lipinski definition) is 4. The molecule has 0 saturated carbocycles. The molecule has 0 atom stereocenters. The minimum Gasteiger partial charge on any atom is -0.461 e. The largest absolute Gasteiger partial charge is 0.461 e. The van der Waals surface area contributed by atoms with E-state index >= 15 is 0 Å². The summed E-state index contributed by atoms with van der Waals surface area (Å²) in [5.74, 6) is -1.30. The Morgan fingerprint density at radius 3 is 2.65 bits per heavy atom. The minimum atomic E-state index is -0.702. The molecule has 2 aromatic heterocycles. The number of nitrogens with zero attached hydrogens (tertiary/aromatic N) is 1. The number of carbonyl (C=O) groups excluding carboxylic acids is 1. The highest BCUT2D eigenvalue weighted by molar-refractivity contribution is 6.00. The lowest BCUT2D eigenvalue weighted by molar-refractivity contribution is 0.0950. The van der Waals surface area contributed by atoms with Gasteiger partial charge in [0.1, 0.15) is 17.2 Å². The maximum absolute atomic E-state index is 13.1. The molecule has 23 heavy (non-hydrogen) atoms. The first kappa shape index (κ1) is 15.0. The van der Waals surface area contributed by atoms with Crippen molar-refractivity contribution in [2.75, 3.05) is 0 Å². The molecule has 2 heterocycles. The normalized spacial score (nSPS) is 10.7. The molecular weight excluding hydrogens is 306 g/mol. The molecule has 0 aliphatic rings. The second kappa shape index (κ2) is 6.04. The Morgan fingerprint density at radius 2 is 2.00 bits per heavy atom. The fourth-order valence-corrected chi connectivity index (χ4v) is 2.20. The number of hydrogen-bond donors (Lipinski definition) is 1. The number of rotatable bonds is 4. The number of aryl methyl sites for hydroxylation is 1. The van der Waals surface area contributed by atoms with E-state index in [1.54, 1.807) is 19.1 Å². The molecule has 1 aromatic carbocycles. The zero-order valence-electron chi connectivity index (χ0n) is 12.1. The van der Waals surface area contributed by atoms with Crippen LogP contribution in [0.5, 0.6) is 0 Å². The number of halogens is 2. The molecule has 3 aromatic rings. The number of benzene rings is 1. The molecule has 7 heteroatoms. The quantitative estimate of drug-likeness (QED) is 0.800. The second-order valence-electron chi connectivity index (χ2n) is 4.91. The van der Waals surface area contributed by atoms with E-state index in [1.165, 1.54) is 6.26 Å². The standard InChI is InChI=1S/C16H12F2N2O3/c1-9-14(15(23-20-9)13-3-2-4-22-13)16(21)19-8-10-5-11(17)7-12(18)6-10/h2-7H,8H2,1H3,(H,19,21). The van der Waals surface area contributed by atoms with Gasteiger partial charge in [0.25, 0.3) is 5.91 Å². The summed E-state index contributed by atoms with van der Waals surface area (Å²) in [6.45, 7) is 1.59. The van der Waals surface area contributed by atoms with Crippen molar-refractivity contribution in [2.45, 2.75) is 13.5 Å². The lowest BCUT2D eigenvalue weighted by atomic mass is 10.1. The highest BCUT2D eigenvalue weighted by Crippen LogP contribution is 2.26. The van der Waals surface area contributed by atoms with Crippen molar-refractivity contribution in [3.05, 3.63) is 65.1 Å². The molecule has 0 aliphatic carbocycles. The number of furan rings is 1. The van der Waals surface area contributed by atoms with Gasteiger partial charge in [-0.3, -0.25) is 4.79 Å². The zero-order chi connectivity index (χ0) is 16.4. The summed E-state index contributed by atoms with van der Waals surface area (Å²) in [5, 5.41) is 6.35. The summed E-state index contributed by atoms with van der Waals surface area (Å²) >= 11 is 0. The molecule has 0 bridgehead atoms. The number of carbonyl (C=O) groups is 1. The molecule has 0 unspecified atom stereocenters. The fraction of sp³-hybridized carbons (Fsp3) is 0.125. The molecule has 3 rings (SSSR count). The smallest absolute Gasteiger partial charge is 0.257 e. The van der Waals surface area contributed by atoms with Crippen LogP contribution < -0.4 is 5.32 Å². The summed E-state index contributed by atoms with van der Waals surface area (Å²) in [7, 11) is 0. The van der Waals surface area contributed by atoms with Crippen molar-refractivity contribution >= 4 is 5.91 Å². The van der Waals surface area contributed by atoms with Gasteiger partial charge >= 0.3 is 0 Å². The molecule has 0 fully saturated rings. The van der Waals surface area contributed by atoms with Crippen molar-refractivity contribution in [3.63, 3.8) is 0 Å². The second-order valence-corrected chi connectivity index (χ2v) is 4.91. The van der Waals surface area contributed by atoms with E-state index < -0.39 is 17.5 Å². The van der Waals surface area contributed by atoms with Crippen LogP contribution in [-0.2, 0) is 6.54 Å². The van der Waals surface area contributed by atoms with Crippen molar-refractivity contribution in [1.29, 1.82) is 0 Å². The van der Waals surface area contributed by atoms with Gasteiger partial charge in [0.05, 0.1) is 12.0 Å². The van der Waals surface area contributed by atoms with Gasteiger partial charge in [0.15, 0.2) is 5.76 Å². The average Bonchev–Trinajstić information content (AvgIpc) is 3.12. The van der Waals surface area contributed by atoms with Gasteiger partial charge in [-0.05, 0) is 36.8 Å². The van der Waals surface area contributed by atoms with Gasteiger partial charge in [0, 0.05) is 12.6 Å². The highest BCUT2D eigenvalue weighted by atomic mass is 19.1. The Kier molecular flexibility index (Phi) is 3.92. The minimum absolute atomic E-state index is 0.0320. The number of nitrogens with one attached hydrogen (secondary N) is 1. The van der Waals surface area contributed by atoms with E-state index in [-0.39, 0.29) is 17.9 Å². The Balaban J connectivity index is 1.80. The molecule has 0 saturated heterocycles. The Hall–Kier alpha value is -2.96. The highest BCUT2D eigenvalue weighted by Gasteiger charge is 2.23. The van der Waals surface area contributed by atoms with Gasteiger partial charge in [-0.1, -0.05) is 5.16 Å². The van der Waals surface area contributed by atoms with Crippen LogP contribution in [0.3, 0.4) is 0 Å². The lowest BCUT2D eigenvalue weighted by Gasteiger charge is -2.06. The summed E-state index contributed by atoms with van der Waals surface area (Å²) in [5.41, 5.74) is 0.917. The number of aromatic nitrogens is 1. The third-order valence-electron chi connectivity index (χ3n) is 3.21. The molecule has 1 amide bonds. The summed E-state index contributed by atoms with van der Waals surface area (Å²) in [4.78, 5) is 12.3. The molecule has 0 aliphatic heterocycles. The van der Waals surface area contributed by atoms with Crippen LogP contribution in [0.15, 0.2) is 45.5 Å². The molecule has 5 nitrogen and oxygen atoms in total. The first-order chi connectivity index (χ1) is 11.0. The van der Waals surface area contributed by atoms with Crippen LogP contribution in [0.25, 0.3) is 11.5 Å². The Bertz CT molecular complexity index is 821. The van der Waals surface area contributed by atoms with Gasteiger partial charge in [0.2, 0.25) is 5.76 Å². The van der Waals surface area contributed by atoms with Crippen LogP contribution in [0.1, 0.15) is 21.6 Å². The van der Waals surface area contributed by atoms with Crippen LogP contribution in [0.2, 0.25) is 0 Å². The first-order valence-electron chi connectivity index (χ1n) is 6.78. The van der Waals surface area contributed by atoms with Crippen molar-refractivity contribution in [3.8, 4) is 11.5 Å². The van der Waals surface area contributed by atoms with Crippen molar-refractivity contribution in [2.24, 2.45) is 0 Å². The molecule has 1 N–H and O–H groups in total. The average molecular weight is 318 g/mol. The summed E-state index contributed by atoms with van der Waals surface area (Å²) in [6.07, 6.45) is 1.45. The van der Waals surface area contributed by atoms with E-state index in [9.17, 15) is 13.6 Å². The van der Waals surface area contributed by atoms with Gasteiger partial charge in [-0.15, -0.1) is 0 Å². The van der Waals surface area contributed by atoms with Crippen LogP contribution >= 0.6 is 0 Å². The lowest BCUT2D eigenvalue weighted by Crippen LogP contribution is -2.23. The van der Waals surface area contributed by atoms with Crippen molar-refractivity contribution < 1.29 is 22.5 Å². The predicted molar refractivity (Wildman–Crippen MR) is 76.5 cm³/mol. The first-order valence-corrected chi connectivity index (χ1v) is 6.78. The molecular formula is C16H12F2N2O3. The van der Waals surface area contributed by atoms with E-state index in [1.807, 2.05) is 0 Å². The monoisotopic (exact) mass is 318 g/mol. The predicted octanol–water partition coefficient (Wildman–Crippen LogP) is 3.45. The third kappa shape index (κ3) is 3.13. The van der Waals surface area contributed by atoms with Crippen LogP contribution in [0, 0.1) is 18.6 Å². The maximum atomic E-state index is 13.1. The van der Waals surface area contributed by atoms with Gasteiger partial charge < -0.3 is 14.3 Å². The van der Waals surface area contributed by atoms with E-state index in [2.05, 4.69) is 10.5 Å². The SMILES string of the molecule is Cc1noc(-c2ccco2)c1C(=O)NCc1cc(F)cc(F)c1.